The molecule has 1 aliphatic heterocycles. The van der Waals surface area contributed by atoms with Crippen molar-refractivity contribution in [3.63, 3.8) is 0 Å². The Kier molecular flexibility index (Phi) is 3.87. The third-order valence-electron chi connectivity index (χ3n) is 3.39. The molecule has 0 aromatic heterocycles. The number of carbonyl (C=O) groups is 1. The molecule has 0 bridgehead atoms. The number of esters is 1. The number of rotatable bonds is 2. The summed E-state index contributed by atoms with van der Waals surface area (Å²) in [5, 5.41) is 0.509. The minimum atomic E-state index is -3.61. The van der Waals surface area contributed by atoms with Gasteiger partial charge in [0.15, 0.2) is 5.76 Å². The van der Waals surface area contributed by atoms with Gasteiger partial charge in [-0.1, -0.05) is 23.7 Å². The molecule has 0 saturated carbocycles. The number of benzene rings is 2. The van der Waals surface area contributed by atoms with Gasteiger partial charge in [0.2, 0.25) is 0 Å². The highest BCUT2D eigenvalue weighted by molar-refractivity contribution is 7.89. The summed E-state index contributed by atoms with van der Waals surface area (Å²) in [7, 11) is -2.22. The number of hydrogen-bond acceptors (Lipinski definition) is 4. The summed E-state index contributed by atoms with van der Waals surface area (Å²) in [6.45, 7) is 0. The Morgan fingerprint density at radius 1 is 1.09 bits per heavy atom. The lowest BCUT2D eigenvalue weighted by Gasteiger charge is -2.24. The summed E-state index contributed by atoms with van der Waals surface area (Å²) in [6.07, 6.45) is 1.28. The maximum absolute atomic E-state index is 12.3. The third-order valence-corrected chi connectivity index (χ3v) is 5.42. The van der Waals surface area contributed by atoms with Gasteiger partial charge in [0, 0.05) is 17.6 Å². The molecule has 3 rings (SSSR count). The molecule has 118 valence electrons. The van der Waals surface area contributed by atoms with Crippen LogP contribution in [0.4, 0.5) is 0 Å². The van der Waals surface area contributed by atoms with Crippen molar-refractivity contribution in [3.8, 4) is 0 Å². The van der Waals surface area contributed by atoms with E-state index in [9.17, 15) is 13.2 Å². The Morgan fingerprint density at radius 3 is 2.43 bits per heavy atom. The van der Waals surface area contributed by atoms with E-state index in [1.54, 1.807) is 42.5 Å². The molecule has 0 amide bonds. The highest BCUT2D eigenvalue weighted by Gasteiger charge is 2.30. The Morgan fingerprint density at radius 2 is 1.74 bits per heavy atom. The van der Waals surface area contributed by atoms with Gasteiger partial charge in [0.1, 0.15) is 0 Å². The Bertz CT molecular complexity index is 904. The number of carbonyl (C=O) groups excluding carboxylic acids is 1. The number of nitrogens with zero attached hydrogens (tertiary/aromatic N) is 1. The third kappa shape index (κ3) is 2.83. The van der Waals surface area contributed by atoms with E-state index in [1.165, 1.54) is 19.3 Å². The number of sulfonamides is 1. The standard InChI is InChI=1S/C16H12ClNO4S/c1-18-10-14(13-4-2-3-5-15(13)23(18,20)21)22-16(19)11-6-8-12(17)9-7-11/h2-10H,1H3. The van der Waals surface area contributed by atoms with E-state index in [2.05, 4.69) is 0 Å². The van der Waals surface area contributed by atoms with Crippen LogP contribution < -0.4 is 0 Å². The van der Waals surface area contributed by atoms with Crippen LogP contribution in [0.25, 0.3) is 5.76 Å². The average molecular weight is 350 g/mol. The lowest BCUT2D eigenvalue weighted by atomic mass is 10.2. The predicted octanol–water partition coefficient (Wildman–Crippen LogP) is 3.13. The smallest absolute Gasteiger partial charge is 0.343 e. The average Bonchev–Trinajstić information content (AvgIpc) is 2.53. The zero-order valence-corrected chi connectivity index (χ0v) is 13.6. The van der Waals surface area contributed by atoms with Crippen LogP contribution in [0.2, 0.25) is 5.02 Å². The van der Waals surface area contributed by atoms with Crippen molar-refractivity contribution in [2.24, 2.45) is 0 Å². The van der Waals surface area contributed by atoms with Crippen LogP contribution in [-0.4, -0.2) is 25.7 Å². The topological polar surface area (TPSA) is 63.7 Å². The van der Waals surface area contributed by atoms with Crippen LogP contribution >= 0.6 is 11.6 Å². The predicted molar refractivity (Wildman–Crippen MR) is 86.2 cm³/mol. The van der Waals surface area contributed by atoms with Crippen molar-refractivity contribution in [3.05, 3.63) is 70.9 Å². The minimum absolute atomic E-state index is 0.101. The molecule has 2 aromatic carbocycles. The minimum Gasteiger partial charge on any atom is -0.421 e. The zero-order chi connectivity index (χ0) is 16.6. The van der Waals surface area contributed by atoms with Crippen LogP contribution in [0, 0.1) is 0 Å². The van der Waals surface area contributed by atoms with Gasteiger partial charge in [0.05, 0.1) is 16.7 Å². The molecular formula is C16H12ClNO4S. The fourth-order valence-electron chi connectivity index (χ4n) is 2.18. The zero-order valence-electron chi connectivity index (χ0n) is 12.1. The fourth-order valence-corrected chi connectivity index (χ4v) is 3.55. The van der Waals surface area contributed by atoms with Crippen LogP contribution in [-0.2, 0) is 14.8 Å². The van der Waals surface area contributed by atoms with Gasteiger partial charge in [-0.25, -0.2) is 13.2 Å². The molecule has 1 aliphatic rings. The van der Waals surface area contributed by atoms with E-state index in [1.807, 2.05) is 0 Å². The number of halogens is 1. The second kappa shape index (κ2) is 5.72. The Balaban J connectivity index is 1.97. The van der Waals surface area contributed by atoms with E-state index in [4.69, 9.17) is 16.3 Å². The first kappa shape index (κ1) is 15.6. The van der Waals surface area contributed by atoms with Crippen LogP contribution in [0.15, 0.2) is 59.6 Å². The van der Waals surface area contributed by atoms with Crippen LogP contribution in [0.5, 0.6) is 0 Å². The second-order valence-corrected chi connectivity index (χ2v) is 7.31. The second-order valence-electron chi connectivity index (χ2n) is 4.91. The van der Waals surface area contributed by atoms with Crippen molar-refractivity contribution in [1.82, 2.24) is 4.31 Å². The van der Waals surface area contributed by atoms with Crippen molar-refractivity contribution < 1.29 is 17.9 Å². The van der Waals surface area contributed by atoms with Gasteiger partial charge in [-0.15, -0.1) is 0 Å². The molecule has 0 fully saturated rings. The van der Waals surface area contributed by atoms with Gasteiger partial charge in [-0.3, -0.25) is 4.31 Å². The molecule has 1 heterocycles. The fraction of sp³-hybridized carbons (Fsp3) is 0.0625. The molecule has 0 radical (unpaired) electrons. The van der Waals surface area contributed by atoms with Gasteiger partial charge in [0.25, 0.3) is 10.0 Å². The molecular weight excluding hydrogens is 338 g/mol. The number of hydrogen-bond donors (Lipinski definition) is 0. The van der Waals surface area contributed by atoms with Crippen molar-refractivity contribution in [1.29, 1.82) is 0 Å². The largest absolute Gasteiger partial charge is 0.421 e. The molecule has 0 atom stereocenters. The number of fused-ring (bicyclic) bond motifs is 1. The number of ether oxygens (including phenoxy) is 1. The molecule has 0 unspecified atom stereocenters. The Labute approximate surface area is 138 Å². The first-order chi connectivity index (χ1) is 10.9. The summed E-state index contributed by atoms with van der Waals surface area (Å²) in [5.41, 5.74) is 0.678. The van der Waals surface area contributed by atoms with E-state index in [0.717, 1.165) is 4.31 Å². The quantitative estimate of drug-likeness (QED) is 0.781. The van der Waals surface area contributed by atoms with Crippen molar-refractivity contribution in [2.75, 3.05) is 7.05 Å². The summed E-state index contributed by atoms with van der Waals surface area (Å²) in [4.78, 5) is 12.3. The van der Waals surface area contributed by atoms with Crippen LogP contribution in [0.1, 0.15) is 15.9 Å². The SMILES string of the molecule is CN1C=C(OC(=O)c2ccc(Cl)cc2)c2ccccc2S1(=O)=O. The lowest BCUT2D eigenvalue weighted by molar-refractivity contribution is 0.0689. The molecule has 0 aliphatic carbocycles. The highest BCUT2D eigenvalue weighted by atomic mass is 35.5. The van der Waals surface area contributed by atoms with Gasteiger partial charge < -0.3 is 4.74 Å². The maximum atomic E-state index is 12.3. The van der Waals surface area contributed by atoms with Gasteiger partial charge in [-0.05, 0) is 36.4 Å². The van der Waals surface area contributed by atoms with Crippen LogP contribution in [0.3, 0.4) is 0 Å². The molecule has 23 heavy (non-hydrogen) atoms. The Hall–Kier alpha value is -2.31. The summed E-state index contributed by atoms with van der Waals surface area (Å²) >= 11 is 5.79. The summed E-state index contributed by atoms with van der Waals surface area (Å²) in [5.74, 6) is -0.409. The first-order valence-electron chi connectivity index (χ1n) is 6.66. The highest BCUT2D eigenvalue weighted by Crippen LogP contribution is 2.32. The van der Waals surface area contributed by atoms with Gasteiger partial charge >= 0.3 is 5.97 Å². The summed E-state index contributed by atoms with van der Waals surface area (Å²) < 4.78 is 30.9. The monoisotopic (exact) mass is 349 g/mol. The molecule has 7 heteroatoms. The van der Waals surface area contributed by atoms with E-state index in [-0.39, 0.29) is 10.7 Å². The molecule has 0 spiro atoms. The van der Waals surface area contributed by atoms with E-state index >= 15 is 0 Å². The van der Waals surface area contributed by atoms with E-state index in [0.29, 0.717) is 16.1 Å². The summed E-state index contributed by atoms with van der Waals surface area (Å²) in [6, 6.07) is 12.6. The molecule has 5 nitrogen and oxygen atoms in total. The molecule has 0 saturated heterocycles. The first-order valence-corrected chi connectivity index (χ1v) is 8.48. The maximum Gasteiger partial charge on any atom is 0.343 e. The normalized spacial score (nSPS) is 15.6. The van der Waals surface area contributed by atoms with Crippen molar-refractivity contribution >= 4 is 33.4 Å². The lowest BCUT2D eigenvalue weighted by Crippen LogP contribution is -2.27. The van der Waals surface area contributed by atoms with Crippen molar-refractivity contribution in [2.45, 2.75) is 4.90 Å². The molecule has 0 N–H and O–H groups in total. The van der Waals surface area contributed by atoms with Gasteiger partial charge in [-0.2, -0.15) is 0 Å². The van der Waals surface area contributed by atoms with E-state index < -0.39 is 16.0 Å². The molecule has 2 aromatic rings.